The van der Waals surface area contributed by atoms with E-state index in [1.54, 1.807) is 0 Å². The molecular weight excluding hydrogens is 318 g/mol. The van der Waals surface area contributed by atoms with Crippen LogP contribution in [-0.2, 0) is 10.0 Å². The van der Waals surface area contributed by atoms with Gasteiger partial charge in [0.05, 0.1) is 17.6 Å². The van der Waals surface area contributed by atoms with Crippen LogP contribution in [0.1, 0.15) is 23.2 Å². The summed E-state index contributed by atoms with van der Waals surface area (Å²) < 4.78 is 28.1. The molecule has 2 rings (SSSR count). The van der Waals surface area contributed by atoms with Gasteiger partial charge in [-0.25, -0.2) is 13.6 Å². The summed E-state index contributed by atoms with van der Waals surface area (Å²) in [6.07, 6.45) is 2.34. The largest absolute Gasteiger partial charge is 0.496 e. The highest BCUT2D eigenvalue weighted by Gasteiger charge is 2.32. The Balaban J connectivity index is 2.17. The van der Waals surface area contributed by atoms with Crippen molar-refractivity contribution in [2.24, 2.45) is 11.1 Å². The third-order valence-corrected chi connectivity index (χ3v) is 4.96. The van der Waals surface area contributed by atoms with Crippen molar-refractivity contribution in [1.82, 2.24) is 10.2 Å². The Bertz CT molecular complexity index is 682. The second-order valence-corrected chi connectivity index (χ2v) is 7.55. The number of hydrogen-bond donors (Lipinski definition) is 2. The molecule has 1 aliphatic carbocycles. The standard InChI is InChI=1S/C15H23N3O4S/c1-18(2)13(10-4-5-10)9-17-15(19)12-8-11(23(16,20)21)6-7-14(12)22-3/h6-8,10,13H,4-5,9H2,1-3H3,(H,17,19)(H2,16,20,21). The van der Waals surface area contributed by atoms with Crippen LogP contribution in [0.4, 0.5) is 0 Å². The Morgan fingerprint density at radius 3 is 2.57 bits per heavy atom. The Morgan fingerprint density at radius 1 is 1.43 bits per heavy atom. The smallest absolute Gasteiger partial charge is 0.255 e. The summed E-state index contributed by atoms with van der Waals surface area (Å²) in [5.41, 5.74) is 0.160. The van der Waals surface area contributed by atoms with E-state index in [2.05, 4.69) is 10.2 Å². The van der Waals surface area contributed by atoms with Crippen molar-refractivity contribution in [3.63, 3.8) is 0 Å². The number of methoxy groups -OCH3 is 1. The van der Waals surface area contributed by atoms with Gasteiger partial charge in [0.25, 0.3) is 5.91 Å². The molecule has 1 amide bonds. The number of nitrogens with zero attached hydrogens (tertiary/aromatic N) is 1. The molecule has 1 aromatic rings. The van der Waals surface area contributed by atoms with Gasteiger partial charge in [-0.2, -0.15) is 0 Å². The van der Waals surface area contributed by atoms with Gasteiger partial charge >= 0.3 is 0 Å². The van der Waals surface area contributed by atoms with E-state index in [-0.39, 0.29) is 22.4 Å². The van der Waals surface area contributed by atoms with Crippen LogP contribution < -0.4 is 15.2 Å². The fraction of sp³-hybridized carbons (Fsp3) is 0.533. The predicted octanol–water partition coefficient (Wildman–Crippen LogP) is 0.413. The van der Waals surface area contributed by atoms with Crippen LogP contribution in [0, 0.1) is 5.92 Å². The molecule has 1 aromatic carbocycles. The van der Waals surface area contributed by atoms with Crippen LogP contribution in [0.15, 0.2) is 23.1 Å². The van der Waals surface area contributed by atoms with Gasteiger partial charge in [0.2, 0.25) is 10.0 Å². The normalized spacial score (nSPS) is 16.2. The predicted molar refractivity (Wildman–Crippen MR) is 86.9 cm³/mol. The lowest BCUT2D eigenvalue weighted by Gasteiger charge is -2.24. The van der Waals surface area contributed by atoms with E-state index in [1.165, 1.54) is 38.2 Å². The summed E-state index contributed by atoms with van der Waals surface area (Å²) in [6.45, 7) is 0.499. The van der Waals surface area contributed by atoms with Crippen molar-refractivity contribution in [1.29, 1.82) is 0 Å². The lowest BCUT2D eigenvalue weighted by molar-refractivity contribution is 0.0935. The maximum absolute atomic E-state index is 12.4. The zero-order chi connectivity index (χ0) is 17.2. The average Bonchev–Trinajstić information content (AvgIpc) is 3.30. The Hall–Kier alpha value is -1.64. The van der Waals surface area contributed by atoms with Crippen molar-refractivity contribution in [2.45, 2.75) is 23.8 Å². The summed E-state index contributed by atoms with van der Waals surface area (Å²) in [7, 11) is 1.52. The number of carbonyl (C=O) groups is 1. The summed E-state index contributed by atoms with van der Waals surface area (Å²) in [5, 5.41) is 7.98. The zero-order valence-electron chi connectivity index (χ0n) is 13.6. The Labute approximate surface area is 136 Å². The number of rotatable bonds is 7. The van der Waals surface area contributed by atoms with Crippen molar-refractivity contribution in [3.8, 4) is 5.75 Å². The molecule has 0 aliphatic heterocycles. The number of ether oxygens (including phenoxy) is 1. The van der Waals surface area contributed by atoms with Gasteiger partial charge < -0.3 is 15.0 Å². The molecule has 0 bridgehead atoms. The summed E-state index contributed by atoms with van der Waals surface area (Å²) in [5.74, 6) is 0.533. The number of likely N-dealkylation sites (N-methyl/N-ethyl adjacent to an activating group) is 1. The molecule has 1 fully saturated rings. The number of amides is 1. The highest BCUT2D eigenvalue weighted by atomic mass is 32.2. The van der Waals surface area contributed by atoms with E-state index < -0.39 is 10.0 Å². The summed E-state index contributed by atoms with van der Waals surface area (Å²) in [4.78, 5) is 14.4. The molecule has 0 aromatic heterocycles. The van der Waals surface area contributed by atoms with Gasteiger partial charge in [-0.15, -0.1) is 0 Å². The Morgan fingerprint density at radius 2 is 2.09 bits per heavy atom. The monoisotopic (exact) mass is 341 g/mol. The summed E-state index contributed by atoms with van der Waals surface area (Å²) >= 11 is 0. The van der Waals surface area contributed by atoms with Crippen molar-refractivity contribution >= 4 is 15.9 Å². The second-order valence-electron chi connectivity index (χ2n) is 5.99. The minimum Gasteiger partial charge on any atom is -0.496 e. The van der Waals surface area contributed by atoms with Crippen LogP contribution >= 0.6 is 0 Å². The number of nitrogens with one attached hydrogen (secondary N) is 1. The van der Waals surface area contributed by atoms with E-state index in [9.17, 15) is 13.2 Å². The molecular formula is C15H23N3O4S. The van der Waals surface area contributed by atoms with E-state index in [1.807, 2.05) is 14.1 Å². The lowest BCUT2D eigenvalue weighted by Crippen LogP contribution is -2.41. The fourth-order valence-corrected chi connectivity index (χ4v) is 3.13. The van der Waals surface area contributed by atoms with Gasteiger partial charge in [0.15, 0.2) is 0 Å². The molecule has 0 spiro atoms. The first-order valence-corrected chi connectivity index (χ1v) is 8.94. The number of carbonyl (C=O) groups excluding carboxylic acids is 1. The molecule has 23 heavy (non-hydrogen) atoms. The van der Waals surface area contributed by atoms with Crippen molar-refractivity contribution in [2.75, 3.05) is 27.7 Å². The molecule has 0 radical (unpaired) electrons. The van der Waals surface area contributed by atoms with Crippen LogP contribution in [0.3, 0.4) is 0 Å². The molecule has 8 heteroatoms. The third-order valence-electron chi connectivity index (χ3n) is 4.05. The lowest BCUT2D eigenvalue weighted by atomic mass is 10.1. The first-order chi connectivity index (χ1) is 10.7. The Kier molecular flexibility index (Phi) is 5.28. The van der Waals surface area contributed by atoms with Crippen LogP contribution in [0.25, 0.3) is 0 Å². The average molecular weight is 341 g/mol. The number of benzene rings is 1. The summed E-state index contributed by atoms with van der Waals surface area (Å²) in [6, 6.07) is 4.26. The van der Waals surface area contributed by atoms with Gasteiger partial charge in [-0.05, 0) is 51.1 Å². The first kappa shape index (κ1) is 17.7. The number of hydrogen-bond acceptors (Lipinski definition) is 5. The third kappa shape index (κ3) is 4.43. The number of primary sulfonamides is 1. The van der Waals surface area contributed by atoms with Gasteiger partial charge in [-0.3, -0.25) is 4.79 Å². The van der Waals surface area contributed by atoms with E-state index >= 15 is 0 Å². The molecule has 1 unspecified atom stereocenters. The second kappa shape index (κ2) is 6.86. The quantitative estimate of drug-likeness (QED) is 0.748. The molecule has 0 heterocycles. The molecule has 1 aliphatic rings. The van der Waals surface area contributed by atoms with E-state index in [0.29, 0.717) is 18.2 Å². The molecule has 1 atom stereocenters. The van der Waals surface area contributed by atoms with Crippen LogP contribution in [0.2, 0.25) is 0 Å². The number of sulfonamides is 1. The van der Waals surface area contributed by atoms with Gasteiger partial charge in [0, 0.05) is 12.6 Å². The van der Waals surface area contributed by atoms with E-state index in [0.717, 1.165) is 0 Å². The van der Waals surface area contributed by atoms with Gasteiger partial charge in [-0.1, -0.05) is 0 Å². The molecule has 0 saturated heterocycles. The fourth-order valence-electron chi connectivity index (χ4n) is 2.59. The minimum absolute atomic E-state index is 0.116. The highest BCUT2D eigenvalue weighted by Crippen LogP contribution is 2.34. The van der Waals surface area contributed by atoms with Crippen molar-refractivity contribution in [3.05, 3.63) is 23.8 Å². The van der Waals surface area contributed by atoms with Crippen molar-refractivity contribution < 1.29 is 17.9 Å². The first-order valence-electron chi connectivity index (χ1n) is 7.39. The van der Waals surface area contributed by atoms with Gasteiger partial charge in [0.1, 0.15) is 5.75 Å². The molecule has 7 nitrogen and oxygen atoms in total. The van der Waals surface area contributed by atoms with Crippen LogP contribution in [0.5, 0.6) is 5.75 Å². The van der Waals surface area contributed by atoms with E-state index in [4.69, 9.17) is 9.88 Å². The van der Waals surface area contributed by atoms with Crippen LogP contribution in [-0.4, -0.2) is 53.0 Å². The number of nitrogens with two attached hydrogens (primary N) is 1. The zero-order valence-corrected chi connectivity index (χ0v) is 14.4. The molecule has 128 valence electrons. The minimum atomic E-state index is -3.88. The SMILES string of the molecule is COc1ccc(S(N)(=O)=O)cc1C(=O)NCC(C1CC1)N(C)C. The highest BCUT2D eigenvalue weighted by molar-refractivity contribution is 7.89. The topological polar surface area (TPSA) is 102 Å². The molecule has 1 saturated carbocycles. The maximum Gasteiger partial charge on any atom is 0.255 e. The maximum atomic E-state index is 12.4. The molecule has 3 N–H and O–H groups in total.